The number of nitrogens with one attached hydrogen (secondary N) is 1. The standard InChI is InChI=1S/C22H23ClN6O.C3H8O2/c1-25-21-16-8-9-29(22(16)27-12-26-21)19-7-6-15(30-19)5-3-13-2-4-14-11-17(23)20(24)28-18(14)10-13;1-3(2,4)5/h2,4,8-12,15,19H,3,5-7H2,1H3,(H2,24,28)(H,25,26,27);4-5H,1-2H3. The zero-order valence-electron chi connectivity index (χ0n) is 20.1. The van der Waals surface area contributed by atoms with Gasteiger partial charge in [-0.05, 0) is 63.3 Å². The lowest BCUT2D eigenvalue weighted by atomic mass is 10.0. The van der Waals surface area contributed by atoms with Crippen molar-refractivity contribution < 1.29 is 14.9 Å². The van der Waals surface area contributed by atoms with Crippen molar-refractivity contribution in [3.63, 3.8) is 0 Å². The molecule has 2 atom stereocenters. The minimum absolute atomic E-state index is 0.00677. The summed E-state index contributed by atoms with van der Waals surface area (Å²) in [6, 6.07) is 10.2. The fraction of sp³-hybridized carbons (Fsp3) is 0.400. The fourth-order valence-corrected chi connectivity index (χ4v) is 4.35. The average molecular weight is 499 g/mol. The van der Waals surface area contributed by atoms with E-state index in [9.17, 15) is 0 Å². The summed E-state index contributed by atoms with van der Waals surface area (Å²) < 4.78 is 8.48. The van der Waals surface area contributed by atoms with Crippen LogP contribution in [-0.2, 0) is 11.2 Å². The number of nitrogens with two attached hydrogens (primary N) is 1. The van der Waals surface area contributed by atoms with Gasteiger partial charge in [0.1, 0.15) is 29.8 Å². The highest BCUT2D eigenvalue weighted by molar-refractivity contribution is 6.33. The normalized spacial score (nSPS) is 18.0. The Hall–Kier alpha value is -2.98. The maximum Gasteiger partial charge on any atom is 0.156 e. The molecule has 5 rings (SSSR count). The van der Waals surface area contributed by atoms with Crippen LogP contribution >= 0.6 is 11.6 Å². The molecule has 1 aliphatic heterocycles. The molecule has 9 nitrogen and oxygen atoms in total. The lowest BCUT2D eigenvalue weighted by Gasteiger charge is -2.16. The van der Waals surface area contributed by atoms with Crippen LogP contribution in [-0.4, -0.2) is 48.7 Å². The number of rotatable bonds is 5. The summed E-state index contributed by atoms with van der Waals surface area (Å²) in [5.41, 5.74) is 8.85. The van der Waals surface area contributed by atoms with Gasteiger partial charge in [0.25, 0.3) is 0 Å². The van der Waals surface area contributed by atoms with Crippen LogP contribution in [0.4, 0.5) is 11.6 Å². The van der Waals surface area contributed by atoms with Crippen molar-refractivity contribution in [3.05, 3.63) is 53.4 Å². The maximum absolute atomic E-state index is 8.08. The topological polar surface area (TPSA) is 131 Å². The first-order valence-corrected chi connectivity index (χ1v) is 11.9. The van der Waals surface area contributed by atoms with Gasteiger partial charge in [0.15, 0.2) is 5.79 Å². The van der Waals surface area contributed by atoms with E-state index >= 15 is 0 Å². The molecular formula is C25H31ClN6O3. The van der Waals surface area contributed by atoms with E-state index in [1.165, 1.54) is 19.4 Å². The molecule has 2 unspecified atom stereocenters. The van der Waals surface area contributed by atoms with Gasteiger partial charge in [-0.1, -0.05) is 23.7 Å². The number of aromatic nitrogens is 4. The number of benzene rings is 1. The lowest BCUT2D eigenvalue weighted by Crippen LogP contribution is -2.15. The second-order valence-corrected chi connectivity index (χ2v) is 9.55. The Morgan fingerprint density at radius 3 is 2.71 bits per heavy atom. The number of halogens is 1. The number of hydrogen-bond acceptors (Lipinski definition) is 8. The van der Waals surface area contributed by atoms with Crippen molar-refractivity contribution in [2.24, 2.45) is 0 Å². The number of pyridine rings is 1. The molecule has 1 saturated heterocycles. The zero-order valence-corrected chi connectivity index (χ0v) is 20.8. The Morgan fingerprint density at radius 2 is 1.97 bits per heavy atom. The van der Waals surface area contributed by atoms with E-state index in [0.29, 0.717) is 10.8 Å². The molecule has 4 heterocycles. The van der Waals surface area contributed by atoms with Gasteiger partial charge in [0.2, 0.25) is 0 Å². The molecule has 0 amide bonds. The molecule has 0 radical (unpaired) electrons. The first-order valence-electron chi connectivity index (χ1n) is 11.6. The Labute approximate surface area is 208 Å². The Bertz CT molecular complexity index is 1310. The third-order valence-corrected chi connectivity index (χ3v) is 6.06. The van der Waals surface area contributed by atoms with E-state index < -0.39 is 5.79 Å². The summed E-state index contributed by atoms with van der Waals surface area (Å²) in [6.45, 7) is 2.60. The van der Waals surface area contributed by atoms with Crippen molar-refractivity contribution in [1.82, 2.24) is 19.5 Å². The molecular weight excluding hydrogens is 468 g/mol. The summed E-state index contributed by atoms with van der Waals surface area (Å²) in [4.78, 5) is 13.1. The number of ether oxygens (including phenoxy) is 1. The summed E-state index contributed by atoms with van der Waals surface area (Å²) in [6.07, 6.45) is 7.74. The van der Waals surface area contributed by atoms with Crippen LogP contribution in [0.3, 0.4) is 0 Å². The number of anilines is 2. The zero-order chi connectivity index (χ0) is 25.2. The number of nitrogen functional groups attached to an aromatic ring is 1. The second-order valence-electron chi connectivity index (χ2n) is 9.14. The van der Waals surface area contributed by atoms with Crippen LogP contribution in [0.1, 0.15) is 44.9 Å². The molecule has 0 saturated carbocycles. The molecule has 3 aromatic heterocycles. The maximum atomic E-state index is 8.08. The van der Waals surface area contributed by atoms with Crippen LogP contribution in [0.15, 0.2) is 42.9 Å². The smallest absolute Gasteiger partial charge is 0.156 e. The van der Waals surface area contributed by atoms with Gasteiger partial charge in [-0.3, -0.25) is 0 Å². The molecule has 35 heavy (non-hydrogen) atoms. The Balaban J connectivity index is 0.000000527. The van der Waals surface area contributed by atoms with Gasteiger partial charge in [-0.2, -0.15) is 0 Å². The van der Waals surface area contributed by atoms with Gasteiger partial charge in [-0.25, -0.2) is 15.0 Å². The largest absolute Gasteiger partial charge is 0.382 e. The molecule has 0 bridgehead atoms. The fourth-order valence-electron chi connectivity index (χ4n) is 4.19. The number of fused-ring (bicyclic) bond motifs is 2. The highest BCUT2D eigenvalue weighted by Crippen LogP contribution is 2.34. The van der Waals surface area contributed by atoms with Crippen molar-refractivity contribution >= 4 is 45.2 Å². The molecule has 1 aliphatic rings. The molecule has 1 aromatic carbocycles. The third kappa shape index (κ3) is 6.18. The second kappa shape index (κ2) is 10.3. The van der Waals surface area contributed by atoms with E-state index in [-0.39, 0.29) is 12.3 Å². The molecule has 186 valence electrons. The van der Waals surface area contributed by atoms with Gasteiger partial charge < -0.3 is 30.6 Å². The summed E-state index contributed by atoms with van der Waals surface area (Å²) in [5, 5.41) is 21.8. The van der Waals surface area contributed by atoms with E-state index in [1.54, 1.807) is 6.33 Å². The number of nitrogens with zero attached hydrogens (tertiary/aromatic N) is 4. The van der Waals surface area contributed by atoms with Crippen molar-refractivity contribution in [1.29, 1.82) is 0 Å². The van der Waals surface area contributed by atoms with Gasteiger partial charge in [0.05, 0.1) is 22.0 Å². The Morgan fingerprint density at radius 1 is 1.20 bits per heavy atom. The molecule has 5 N–H and O–H groups in total. The third-order valence-electron chi connectivity index (χ3n) is 5.76. The predicted molar refractivity (Wildman–Crippen MR) is 138 cm³/mol. The molecule has 0 spiro atoms. The molecule has 4 aromatic rings. The van der Waals surface area contributed by atoms with Crippen LogP contribution in [0, 0.1) is 0 Å². The highest BCUT2D eigenvalue weighted by Gasteiger charge is 2.27. The highest BCUT2D eigenvalue weighted by atomic mass is 35.5. The summed E-state index contributed by atoms with van der Waals surface area (Å²) >= 11 is 6.07. The van der Waals surface area contributed by atoms with Crippen molar-refractivity contribution in [2.75, 3.05) is 18.1 Å². The monoisotopic (exact) mass is 498 g/mol. The lowest BCUT2D eigenvalue weighted by molar-refractivity contribution is -0.127. The van der Waals surface area contributed by atoms with E-state index in [0.717, 1.165) is 53.4 Å². The first kappa shape index (κ1) is 25.1. The van der Waals surface area contributed by atoms with Crippen LogP contribution < -0.4 is 11.1 Å². The number of hydrogen-bond donors (Lipinski definition) is 4. The van der Waals surface area contributed by atoms with E-state index in [2.05, 4.69) is 37.0 Å². The van der Waals surface area contributed by atoms with Gasteiger partial charge >= 0.3 is 0 Å². The minimum atomic E-state index is -1.50. The molecule has 1 fully saturated rings. The van der Waals surface area contributed by atoms with E-state index in [4.69, 9.17) is 32.3 Å². The average Bonchev–Trinajstić information content (AvgIpc) is 3.44. The van der Waals surface area contributed by atoms with Crippen molar-refractivity contribution in [2.45, 2.75) is 57.6 Å². The minimum Gasteiger partial charge on any atom is -0.382 e. The van der Waals surface area contributed by atoms with E-state index in [1.807, 2.05) is 31.4 Å². The number of aliphatic hydroxyl groups is 2. The predicted octanol–water partition coefficient (Wildman–Crippen LogP) is 4.27. The summed E-state index contributed by atoms with van der Waals surface area (Å²) in [7, 11) is 1.87. The Kier molecular flexibility index (Phi) is 7.42. The first-order chi connectivity index (χ1) is 16.6. The summed E-state index contributed by atoms with van der Waals surface area (Å²) in [5.74, 6) is -0.299. The van der Waals surface area contributed by atoms with Crippen LogP contribution in [0.5, 0.6) is 0 Å². The number of aryl methyl sites for hydroxylation is 1. The molecule has 10 heteroatoms. The van der Waals surface area contributed by atoms with Crippen LogP contribution in [0.25, 0.3) is 21.9 Å². The molecule has 0 aliphatic carbocycles. The van der Waals surface area contributed by atoms with Gasteiger partial charge in [0, 0.05) is 18.6 Å². The SMILES string of the molecule is CC(C)(O)O.CNc1ncnc2c1ccn2C1CCC(CCc2ccc3cc(Cl)c(N)nc3c2)O1. The van der Waals surface area contributed by atoms with Crippen molar-refractivity contribution in [3.8, 4) is 0 Å². The van der Waals surface area contributed by atoms with Gasteiger partial charge in [-0.15, -0.1) is 0 Å². The van der Waals surface area contributed by atoms with Crippen LogP contribution in [0.2, 0.25) is 5.02 Å². The quantitative estimate of drug-likeness (QED) is 0.300.